The number of amides is 1. The highest BCUT2D eigenvalue weighted by molar-refractivity contribution is 5.80. The fourth-order valence-corrected chi connectivity index (χ4v) is 3.11. The van der Waals surface area contributed by atoms with Gasteiger partial charge in [-0.25, -0.2) is 0 Å². The van der Waals surface area contributed by atoms with Crippen LogP contribution in [0.15, 0.2) is 0 Å². The first kappa shape index (κ1) is 10.9. The minimum absolute atomic E-state index is 0.297. The van der Waals surface area contributed by atoms with Crippen LogP contribution in [0.4, 0.5) is 0 Å². The molecule has 86 valence electrons. The van der Waals surface area contributed by atoms with Gasteiger partial charge in [0, 0.05) is 19.0 Å². The van der Waals surface area contributed by atoms with Crippen molar-refractivity contribution < 1.29 is 4.79 Å². The van der Waals surface area contributed by atoms with Gasteiger partial charge in [-0.2, -0.15) is 0 Å². The lowest BCUT2D eigenvalue weighted by atomic mass is 9.75. The van der Waals surface area contributed by atoms with Crippen LogP contribution in [0, 0.1) is 17.8 Å². The van der Waals surface area contributed by atoms with Crippen LogP contribution >= 0.6 is 0 Å². The summed E-state index contributed by atoms with van der Waals surface area (Å²) in [6.07, 6.45) is 2.20. The van der Waals surface area contributed by atoms with Crippen molar-refractivity contribution in [3.8, 4) is 0 Å². The summed E-state index contributed by atoms with van der Waals surface area (Å²) in [5.74, 6) is 1.83. The maximum Gasteiger partial charge on any atom is 0.226 e. The van der Waals surface area contributed by atoms with Gasteiger partial charge in [0.25, 0.3) is 0 Å². The van der Waals surface area contributed by atoms with Crippen molar-refractivity contribution >= 4 is 5.91 Å². The number of hydrogen-bond acceptors (Lipinski definition) is 2. The lowest BCUT2D eigenvalue weighted by molar-refractivity contribution is -0.145. The third kappa shape index (κ3) is 1.89. The van der Waals surface area contributed by atoms with E-state index < -0.39 is 0 Å². The van der Waals surface area contributed by atoms with E-state index in [2.05, 4.69) is 19.2 Å². The van der Waals surface area contributed by atoms with Crippen molar-refractivity contribution in [3.63, 3.8) is 0 Å². The fraction of sp³-hybridized carbons (Fsp3) is 0.917. The Bertz CT molecular complexity index is 252. The van der Waals surface area contributed by atoms with E-state index in [0.29, 0.717) is 29.7 Å². The number of piperidine rings is 2. The Labute approximate surface area is 92.2 Å². The summed E-state index contributed by atoms with van der Waals surface area (Å²) in [4.78, 5) is 14.2. The molecule has 0 radical (unpaired) electrons. The molecule has 1 amide bonds. The summed E-state index contributed by atoms with van der Waals surface area (Å²) in [5.41, 5.74) is 0. The summed E-state index contributed by atoms with van der Waals surface area (Å²) in [7, 11) is 1.98. The van der Waals surface area contributed by atoms with Crippen LogP contribution in [0.2, 0.25) is 0 Å². The zero-order chi connectivity index (χ0) is 11.0. The fourth-order valence-electron chi connectivity index (χ4n) is 3.11. The molecule has 3 heteroatoms. The third-order valence-electron chi connectivity index (χ3n) is 4.08. The number of hydrogen-bond donors (Lipinski definition) is 1. The monoisotopic (exact) mass is 210 g/mol. The van der Waals surface area contributed by atoms with E-state index in [1.807, 2.05) is 11.9 Å². The van der Waals surface area contributed by atoms with Gasteiger partial charge in [0.05, 0.1) is 0 Å². The van der Waals surface area contributed by atoms with Gasteiger partial charge in [-0.15, -0.1) is 0 Å². The molecule has 1 N–H and O–H groups in total. The second-order valence-electron chi connectivity index (χ2n) is 5.36. The first-order valence-corrected chi connectivity index (χ1v) is 6.08. The molecule has 3 nitrogen and oxygen atoms in total. The van der Waals surface area contributed by atoms with Gasteiger partial charge >= 0.3 is 0 Å². The highest BCUT2D eigenvalue weighted by Crippen LogP contribution is 2.34. The predicted octanol–water partition coefficient (Wildman–Crippen LogP) is 1.10. The van der Waals surface area contributed by atoms with Crippen molar-refractivity contribution in [3.05, 3.63) is 0 Å². The summed E-state index contributed by atoms with van der Waals surface area (Å²) in [6, 6.07) is 0.443. The molecule has 0 aliphatic carbocycles. The molecule has 15 heavy (non-hydrogen) atoms. The van der Waals surface area contributed by atoms with Gasteiger partial charge in [-0.3, -0.25) is 4.79 Å². The highest BCUT2D eigenvalue weighted by Gasteiger charge is 2.41. The molecule has 2 saturated heterocycles. The molecule has 0 aromatic carbocycles. The van der Waals surface area contributed by atoms with Crippen LogP contribution in [0.3, 0.4) is 0 Å². The second-order valence-corrected chi connectivity index (χ2v) is 5.36. The first-order valence-electron chi connectivity index (χ1n) is 6.08. The molecular weight excluding hydrogens is 188 g/mol. The SMILES string of the molecule is CC(C)C1CC2CNCCC2C(=O)N1C. The van der Waals surface area contributed by atoms with Gasteiger partial charge in [0.1, 0.15) is 0 Å². The Kier molecular flexibility index (Phi) is 3.01. The minimum Gasteiger partial charge on any atom is -0.342 e. The van der Waals surface area contributed by atoms with Gasteiger partial charge in [0.15, 0.2) is 0 Å². The molecule has 0 bridgehead atoms. The van der Waals surface area contributed by atoms with Crippen molar-refractivity contribution in [1.82, 2.24) is 10.2 Å². The molecule has 0 saturated carbocycles. The van der Waals surface area contributed by atoms with E-state index in [1.165, 1.54) is 6.42 Å². The molecule has 2 heterocycles. The van der Waals surface area contributed by atoms with Crippen LogP contribution in [0.25, 0.3) is 0 Å². The van der Waals surface area contributed by atoms with Crippen LogP contribution in [0.5, 0.6) is 0 Å². The zero-order valence-corrected chi connectivity index (χ0v) is 9.99. The normalized spacial score (nSPS) is 36.9. The molecule has 0 spiro atoms. The Morgan fingerprint density at radius 3 is 2.87 bits per heavy atom. The standard InChI is InChI=1S/C12H22N2O/c1-8(2)11-6-9-7-13-5-4-10(9)12(15)14(11)3/h8-11,13H,4-7H2,1-3H3. The van der Waals surface area contributed by atoms with E-state index in [9.17, 15) is 4.79 Å². The molecule has 3 unspecified atom stereocenters. The number of nitrogens with zero attached hydrogens (tertiary/aromatic N) is 1. The molecule has 3 atom stereocenters. The van der Waals surface area contributed by atoms with Crippen molar-refractivity contribution in [1.29, 1.82) is 0 Å². The van der Waals surface area contributed by atoms with Gasteiger partial charge in [-0.05, 0) is 37.8 Å². The van der Waals surface area contributed by atoms with E-state index >= 15 is 0 Å². The molecule has 2 aliphatic heterocycles. The quantitative estimate of drug-likeness (QED) is 0.703. The van der Waals surface area contributed by atoms with Gasteiger partial charge < -0.3 is 10.2 Å². The molecule has 0 aromatic heterocycles. The average molecular weight is 210 g/mol. The predicted molar refractivity (Wildman–Crippen MR) is 60.5 cm³/mol. The first-order chi connectivity index (χ1) is 7.11. The summed E-state index contributed by atoms with van der Waals surface area (Å²) >= 11 is 0. The summed E-state index contributed by atoms with van der Waals surface area (Å²) in [5, 5.41) is 3.41. The molecular formula is C12H22N2O. The third-order valence-corrected chi connectivity index (χ3v) is 4.08. The molecule has 2 rings (SSSR count). The lowest BCUT2D eigenvalue weighted by Gasteiger charge is -2.45. The van der Waals surface area contributed by atoms with Crippen molar-refractivity contribution in [2.75, 3.05) is 20.1 Å². The second kappa shape index (κ2) is 4.12. The van der Waals surface area contributed by atoms with Crippen molar-refractivity contribution in [2.24, 2.45) is 17.8 Å². The van der Waals surface area contributed by atoms with E-state index in [1.54, 1.807) is 0 Å². The number of nitrogens with one attached hydrogen (secondary N) is 1. The van der Waals surface area contributed by atoms with Gasteiger partial charge in [0.2, 0.25) is 5.91 Å². The maximum atomic E-state index is 12.2. The van der Waals surface area contributed by atoms with E-state index in [-0.39, 0.29) is 0 Å². The Balaban J connectivity index is 2.13. The lowest BCUT2D eigenvalue weighted by Crippen LogP contribution is -2.55. The molecule has 0 aromatic rings. The van der Waals surface area contributed by atoms with Crippen LogP contribution in [-0.4, -0.2) is 37.0 Å². The highest BCUT2D eigenvalue weighted by atomic mass is 16.2. The number of likely N-dealkylation sites (tertiary alicyclic amines) is 1. The maximum absolute atomic E-state index is 12.2. The molecule has 2 fully saturated rings. The van der Waals surface area contributed by atoms with E-state index in [0.717, 1.165) is 19.5 Å². The Hall–Kier alpha value is -0.570. The summed E-state index contributed by atoms with van der Waals surface area (Å²) < 4.78 is 0. The topological polar surface area (TPSA) is 32.3 Å². The number of rotatable bonds is 1. The number of fused-ring (bicyclic) bond motifs is 1. The van der Waals surface area contributed by atoms with Gasteiger partial charge in [-0.1, -0.05) is 13.8 Å². The number of carbonyl (C=O) groups excluding carboxylic acids is 1. The van der Waals surface area contributed by atoms with E-state index in [4.69, 9.17) is 0 Å². The number of carbonyl (C=O) groups is 1. The largest absolute Gasteiger partial charge is 0.342 e. The Morgan fingerprint density at radius 1 is 1.47 bits per heavy atom. The summed E-state index contributed by atoms with van der Waals surface area (Å²) in [6.45, 7) is 6.47. The Morgan fingerprint density at radius 2 is 2.20 bits per heavy atom. The molecule has 2 aliphatic rings. The minimum atomic E-state index is 0.297. The van der Waals surface area contributed by atoms with Crippen LogP contribution < -0.4 is 5.32 Å². The van der Waals surface area contributed by atoms with Crippen LogP contribution in [-0.2, 0) is 4.79 Å². The smallest absolute Gasteiger partial charge is 0.226 e. The van der Waals surface area contributed by atoms with Crippen molar-refractivity contribution in [2.45, 2.75) is 32.7 Å². The zero-order valence-electron chi connectivity index (χ0n) is 9.99. The average Bonchev–Trinajstić information content (AvgIpc) is 2.23. The van der Waals surface area contributed by atoms with Crippen LogP contribution in [0.1, 0.15) is 26.7 Å².